The second kappa shape index (κ2) is 24.1. The van der Waals surface area contributed by atoms with Gasteiger partial charge in [-0.2, -0.15) is 5.11 Å². The molecule has 18 heteroatoms. The van der Waals surface area contributed by atoms with E-state index in [0.717, 1.165) is 17.9 Å². The van der Waals surface area contributed by atoms with Crippen LogP contribution in [0, 0.1) is 10.1 Å². The highest BCUT2D eigenvalue weighted by atomic mass is 31.2. The van der Waals surface area contributed by atoms with Gasteiger partial charge >= 0.3 is 7.82 Å². The van der Waals surface area contributed by atoms with Gasteiger partial charge in [0.25, 0.3) is 5.69 Å². The quantitative estimate of drug-likeness (QED) is 0.0186. The molecule has 296 valence electrons. The third-order valence-corrected chi connectivity index (χ3v) is 8.92. The zero-order valence-electron chi connectivity index (χ0n) is 31.0. The number of azo groups is 1. The molecule has 1 amide bonds. The van der Waals surface area contributed by atoms with E-state index in [1.54, 1.807) is 24.3 Å². The van der Waals surface area contributed by atoms with Crippen molar-refractivity contribution in [3.05, 3.63) is 70.8 Å². The van der Waals surface area contributed by atoms with Crippen LogP contribution in [0.2, 0.25) is 0 Å². The van der Waals surface area contributed by atoms with E-state index in [-0.39, 0.29) is 44.4 Å². The van der Waals surface area contributed by atoms with E-state index >= 15 is 0 Å². The monoisotopic (exact) mass is 774 g/mol. The smallest absolute Gasteiger partial charge is 0.396 e. The topological polar surface area (TPSA) is 216 Å². The zero-order valence-corrected chi connectivity index (χ0v) is 31.9. The van der Waals surface area contributed by atoms with Gasteiger partial charge in [-0.15, -0.1) is 5.11 Å². The van der Waals surface area contributed by atoms with Gasteiger partial charge in [0.2, 0.25) is 5.91 Å². The average molecular weight is 775 g/mol. The molecule has 0 aliphatic rings. The number of anilines is 1. The first-order valence-corrected chi connectivity index (χ1v) is 19.2. The number of carbonyl (C=O) groups is 1. The summed E-state index contributed by atoms with van der Waals surface area (Å²) in [5.41, 5.74) is 2.99. The van der Waals surface area contributed by atoms with E-state index in [0.29, 0.717) is 74.1 Å². The van der Waals surface area contributed by atoms with E-state index < -0.39 is 18.8 Å². The van der Waals surface area contributed by atoms with Gasteiger partial charge in [-0.1, -0.05) is 23.4 Å². The number of hydrogen-bond acceptors (Lipinski definition) is 14. The van der Waals surface area contributed by atoms with Gasteiger partial charge in [0.1, 0.15) is 12.7 Å². The van der Waals surface area contributed by atoms with Gasteiger partial charge < -0.3 is 34.5 Å². The molecule has 3 aromatic rings. The van der Waals surface area contributed by atoms with Crippen LogP contribution in [-0.4, -0.2) is 99.0 Å². The summed E-state index contributed by atoms with van der Waals surface area (Å²) in [6.45, 7) is 6.08. The van der Waals surface area contributed by atoms with E-state index in [4.69, 9.17) is 28.5 Å². The first kappa shape index (κ1) is 44.0. The largest absolute Gasteiger partial charge is 0.472 e. The van der Waals surface area contributed by atoms with Gasteiger partial charge in [-0.3, -0.25) is 24.0 Å². The Balaban J connectivity index is 1.31. The molecule has 0 heterocycles. The molecule has 0 spiro atoms. The number of hydrogen-bond donors (Lipinski definition) is 3. The van der Waals surface area contributed by atoms with Crippen molar-refractivity contribution in [2.75, 3.05) is 71.3 Å². The predicted molar refractivity (Wildman–Crippen MR) is 205 cm³/mol. The molecule has 3 aromatic carbocycles. The zero-order chi connectivity index (χ0) is 39.2. The number of aliphatic hydroxyl groups is 1. The van der Waals surface area contributed by atoms with Gasteiger partial charge in [-0.25, -0.2) is 4.57 Å². The SMILES string of the molecule is CCN(CCO/N=C(\C)CCCC(=O)NCCCOCC(COC)OP(=O)(O)OCCCO)c1ccc(N=Nc2ccc([N+](=O)[O-])c3ccccc23)cc1. The Bertz CT molecular complexity index is 1710. The molecule has 2 unspecified atom stereocenters. The highest BCUT2D eigenvalue weighted by Gasteiger charge is 2.26. The lowest BCUT2D eigenvalue weighted by atomic mass is 10.1. The minimum Gasteiger partial charge on any atom is -0.396 e. The Morgan fingerprint density at radius 3 is 2.44 bits per heavy atom. The minimum atomic E-state index is -4.31. The van der Waals surface area contributed by atoms with Crippen LogP contribution in [0.4, 0.5) is 22.7 Å². The van der Waals surface area contributed by atoms with Crippen LogP contribution < -0.4 is 10.2 Å². The maximum Gasteiger partial charge on any atom is 0.472 e. The highest BCUT2D eigenvalue weighted by molar-refractivity contribution is 7.47. The molecule has 0 aromatic heterocycles. The summed E-state index contributed by atoms with van der Waals surface area (Å²) in [6, 6.07) is 17.7. The summed E-state index contributed by atoms with van der Waals surface area (Å²) in [6.07, 6.45) is 1.48. The lowest BCUT2D eigenvalue weighted by Gasteiger charge is -2.22. The van der Waals surface area contributed by atoms with Crippen LogP contribution in [0.25, 0.3) is 10.8 Å². The van der Waals surface area contributed by atoms with Crippen molar-refractivity contribution in [1.82, 2.24) is 5.32 Å². The van der Waals surface area contributed by atoms with E-state index in [9.17, 15) is 24.4 Å². The molecule has 0 aliphatic carbocycles. The molecule has 0 fully saturated rings. The standard InChI is InChI=1S/C36H51N6O11P/c1-4-41(30-16-14-29(15-17-30)38-39-34-18-19-35(42(45)46)33-12-6-5-11-32(33)34)21-25-51-40-28(2)10-7-13-36(44)37-20-8-23-50-27-31(26-49-3)53-54(47,48)52-24-9-22-43/h5-6,11-12,14-19,31,43H,4,7-10,13,20-27H2,1-3H3,(H,37,44)(H,47,48)/b39-38?,40-28+. The third-order valence-electron chi connectivity index (χ3n) is 7.84. The van der Waals surface area contributed by atoms with E-state index in [1.165, 1.54) is 13.2 Å². The van der Waals surface area contributed by atoms with Crippen molar-refractivity contribution in [3.8, 4) is 0 Å². The van der Waals surface area contributed by atoms with Crippen molar-refractivity contribution < 1.29 is 47.6 Å². The van der Waals surface area contributed by atoms with E-state index in [2.05, 4.69) is 25.6 Å². The van der Waals surface area contributed by atoms with Gasteiger partial charge in [0.15, 0.2) is 0 Å². The fourth-order valence-electron chi connectivity index (χ4n) is 5.15. The molecule has 0 saturated heterocycles. The molecule has 54 heavy (non-hydrogen) atoms. The van der Waals surface area contributed by atoms with Crippen LogP contribution in [0.15, 0.2) is 76.0 Å². The maximum atomic E-state index is 12.2. The number of carbonyl (C=O) groups excluding carboxylic acids is 1. The Morgan fingerprint density at radius 2 is 1.74 bits per heavy atom. The highest BCUT2D eigenvalue weighted by Crippen LogP contribution is 2.44. The van der Waals surface area contributed by atoms with Gasteiger partial charge in [0, 0.05) is 57.0 Å². The molecule has 0 bridgehead atoms. The number of nitrogens with one attached hydrogen (secondary N) is 1. The van der Waals surface area contributed by atoms with Crippen LogP contribution in [0.3, 0.4) is 0 Å². The average Bonchev–Trinajstić information content (AvgIpc) is 3.15. The minimum absolute atomic E-state index is 0.000760. The van der Waals surface area contributed by atoms with Crippen molar-refractivity contribution in [2.45, 2.75) is 52.1 Å². The van der Waals surface area contributed by atoms with Crippen LogP contribution in [0.5, 0.6) is 0 Å². The number of likely N-dealkylation sites (N-methyl/N-ethyl adjacent to an activating group) is 1. The second-order valence-corrected chi connectivity index (χ2v) is 13.5. The number of rotatable bonds is 27. The molecule has 2 atom stereocenters. The molecular weight excluding hydrogens is 723 g/mol. The van der Waals surface area contributed by atoms with Crippen LogP contribution >= 0.6 is 7.82 Å². The van der Waals surface area contributed by atoms with Crippen molar-refractivity contribution in [3.63, 3.8) is 0 Å². The summed E-state index contributed by atoms with van der Waals surface area (Å²) in [5, 5.41) is 37.1. The van der Waals surface area contributed by atoms with E-state index in [1.807, 2.05) is 44.2 Å². The number of methoxy groups -OCH3 is 1. The number of aliphatic hydroxyl groups excluding tert-OH is 1. The second-order valence-electron chi connectivity index (χ2n) is 12.1. The molecule has 3 rings (SSSR count). The number of amides is 1. The number of phosphoric ester groups is 1. The number of nitro benzene ring substituents is 1. The van der Waals surface area contributed by atoms with Crippen molar-refractivity contribution in [2.24, 2.45) is 15.4 Å². The number of nitrogens with zero attached hydrogens (tertiary/aromatic N) is 5. The maximum absolute atomic E-state index is 12.2. The Hall–Kier alpha value is -4.35. The molecule has 3 N–H and O–H groups in total. The summed E-state index contributed by atoms with van der Waals surface area (Å²) in [4.78, 5) is 40.7. The normalized spacial score (nSPS) is 13.5. The lowest BCUT2D eigenvalue weighted by Crippen LogP contribution is -2.27. The summed E-state index contributed by atoms with van der Waals surface area (Å²) in [7, 11) is -2.88. The van der Waals surface area contributed by atoms with Crippen LogP contribution in [0.1, 0.15) is 46.0 Å². The number of oxime groups is 1. The number of nitro groups is 1. The fraction of sp³-hybridized carbons (Fsp3) is 0.500. The number of fused-ring (bicyclic) bond motifs is 1. The van der Waals surface area contributed by atoms with Crippen molar-refractivity contribution >= 4 is 53.0 Å². The predicted octanol–water partition coefficient (Wildman–Crippen LogP) is 6.61. The van der Waals surface area contributed by atoms with Gasteiger partial charge in [-0.05, 0) is 75.9 Å². The fourth-order valence-corrected chi connectivity index (χ4v) is 6.06. The number of ether oxygens (including phenoxy) is 2. The third kappa shape index (κ3) is 15.9. The molecule has 0 radical (unpaired) electrons. The molecule has 17 nitrogen and oxygen atoms in total. The van der Waals surface area contributed by atoms with Crippen LogP contribution in [-0.2, 0) is 32.7 Å². The van der Waals surface area contributed by atoms with Gasteiger partial charge in [0.05, 0.1) is 53.8 Å². The first-order chi connectivity index (χ1) is 26.1. The summed E-state index contributed by atoms with van der Waals surface area (Å²) in [5.74, 6) is -0.0866. The first-order valence-electron chi connectivity index (χ1n) is 17.7. The summed E-state index contributed by atoms with van der Waals surface area (Å²) < 4.78 is 32.4. The molecule has 0 aliphatic heterocycles. The number of phosphoric acid groups is 1. The number of non-ortho nitro benzene ring substituents is 1. The Labute approximate surface area is 315 Å². The van der Waals surface area contributed by atoms with Crippen molar-refractivity contribution in [1.29, 1.82) is 0 Å². The molecule has 0 saturated carbocycles. The Kier molecular flexibility index (Phi) is 19.7. The molecular formula is C36H51N6O11P. The number of benzene rings is 3. The Morgan fingerprint density at radius 1 is 0.981 bits per heavy atom. The summed E-state index contributed by atoms with van der Waals surface area (Å²) >= 11 is 0. The lowest BCUT2D eigenvalue weighted by molar-refractivity contribution is -0.383.